The Hall–Kier alpha value is -0.240. The minimum Gasteiger partial charge on any atom is -0.308 e. The van der Waals surface area contributed by atoms with E-state index < -0.39 is 30.5 Å². The van der Waals surface area contributed by atoms with Crippen LogP contribution in [0.15, 0.2) is 0 Å². The molecule has 1 saturated heterocycles. The fourth-order valence-electron chi connectivity index (χ4n) is 1.57. The molecule has 1 rings (SSSR count). The highest BCUT2D eigenvalue weighted by atomic mass is 35.5. The third-order valence-corrected chi connectivity index (χ3v) is 2.52. The van der Waals surface area contributed by atoms with Gasteiger partial charge in [0.15, 0.2) is 0 Å². The topological polar surface area (TPSA) is 12.0 Å². The van der Waals surface area contributed by atoms with Gasteiger partial charge in [-0.1, -0.05) is 6.42 Å². The molecule has 0 aromatic carbocycles. The monoisotopic (exact) mass is 289 g/mol. The van der Waals surface area contributed by atoms with Crippen molar-refractivity contribution < 1.29 is 30.7 Å². The highest BCUT2D eigenvalue weighted by Gasteiger charge is 2.75. The summed E-state index contributed by atoms with van der Waals surface area (Å²) in [7, 11) is 0. The van der Waals surface area contributed by atoms with Gasteiger partial charge in [0.1, 0.15) is 0 Å². The van der Waals surface area contributed by atoms with Gasteiger partial charge in [-0.2, -0.15) is 30.7 Å². The van der Waals surface area contributed by atoms with Gasteiger partial charge in [0.05, 0.1) is 6.04 Å². The molecular weight excluding hydrogens is 279 g/mol. The normalized spacial score (nSPS) is 23.1. The Morgan fingerprint density at radius 3 is 1.76 bits per heavy atom. The first kappa shape index (κ1) is 16.8. The predicted octanol–water partition coefficient (Wildman–Crippen LogP) is 3.38. The standard InChI is InChI=1S/C8H10F7N.ClH/c9-6(10,5-3-1-2-4-16-5)7(11,12)8(13,14)15;/h5,16H,1-4H2;1H/t5-;/m0./s1. The summed E-state index contributed by atoms with van der Waals surface area (Å²) >= 11 is 0. The summed E-state index contributed by atoms with van der Waals surface area (Å²) in [6.45, 7) is 0.0220. The maximum absolute atomic E-state index is 13.1. The average Bonchev–Trinajstić information content (AvgIpc) is 2.17. The molecule has 1 heterocycles. The van der Waals surface area contributed by atoms with Crippen molar-refractivity contribution in [2.45, 2.75) is 43.3 Å². The Balaban J connectivity index is 0.00000256. The van der Waals surface area contributed by atoms with Crippen LogP contribution in [0.4, 0.5) is 30.7 Å². The molecule has 1 aliphatic rings. The van der Waals surface area contributed by atoms with Crippen LogP contribution in [0, 0.1) is 0 Å². The minimum atomic E-state index is -6.24. The van der Waals surface area contributed by atoms with E-state index in [1.165, 1.54) is 0 Å². The molecule has 0 amide bonds. The van der Waals surface area contributed by atoms with Crippen molar-refractivity contribution in [2.75, 3.05) is 6.54 Å². The third-order valence-electron chi connectivity index (χ3n) is 2.52. The van der Waals surface area contributed by atoms with E-state index in [4.69, 9.17) is 0 Å². The molecule has 104 valence electrons. The van der Waals surface area contributed by atoms with E-state index in [1.54, 1.807) is 0 Å². The van der Waals surface area contributed by atoms with E-state index in [0.717, 1.165) is 0 Å². The highest BCUT2D eigenvalue weighted by Crippen LogP contribution is 2.49. The smallest absolute Gasteiger partial charge is 0.308 e. The van der Waals surface area contributed by atoms with Crippen molar-refractivity contribution in [2.24, 2.45) is 0 Å². The van der Waals surface area contributed by atoms with Crippen molar-refractivity contribution in [1.82, 2.24) is 5.32 Å². The minimum absolute atomic E-state index is 0. The second-order valence-corrected chi connectivity index (χ2v) is 3.70. The molecule has 0 aromatic rings. The summed E-state index contributed by atoms with van der Waals surface area (Å²) in [5.41, 5.74) is 0. The molecule has 1 fully saturated rings. The number of halogens is 8. The van der Waals surface area contributed by atoms with Crippen LogP contribution in [-0.2, 0) is 0 Å². The summed E-state index contributed by atoms with van der Waals surface area (Å²) in [4.78, 5) is 0. The Morgan fingerprint density at radius 2 is 1.41 bits per heavy atom. The van der Waals surface area contributed by atoms with Crippen molar-refractivity contribution in [3.8, 4) is 0 Å². The zero-order chi connectivity index (χ0) is 12.6. The molecule has 17 heavy (non-hydrogen) atoms. The van der Waals surface area contributed by atoms with Gasteiger partial charge in [0.2, 0.25) is 0 Å². The van der Waals surface area contributed by atoms with E-state index in [-0.39, 0.29) is 25.4 Å². The number of hydrogen-bond donors (Lipinski definition) is 1. The molecule has 0 aliphatic carbocycles. The number of piperidine rings is 1. The van der Waals surface area contributed by atoms with Crippen LogP contribution in [0.3, 0.4) is 0 Å². The van der Waals surface area contributed by atoms with Gasteiger partial charge in [-0.25, -0.2) is 0 Å². The second-order valence-electron chi connectivity index (χ2n) is 3.70. The van der Waals surface area contributed by atoms with Gasteiger partial charge >= 0.3 is 18.0 Å². The molecule has 1 atom stereocenters. The fourth-order valence-corrected chi connectivity index (χ4v) is 1.57. The second kappa shape index (κ2) is 5.17. The quantitative estimate of drug-likeness (QED) is 0.769. The molecule has 1 aliphatic heterocycles. The van der Waals surface area contributed by atoms with Crippen LogP contribution >= 0.6 is 12.4 Å². The molecule has 0 unspecified atom stereocenters. The summed E-state index contributed by atoms with van der Waals surface area (Å²) in [5, 5.41) is 2.01. The molecule has 0 saturated carbocycles. The molecule has 1 N–H and O–H groups in total. The number of rotatable bonds is 2. The van der Waals surface area contributed by atoms with Crippen molar-refractivity contribution >= 4 is 12.4 Å². The maximum atomic E-state index is 13.1. The summed E-state index contributed by atoms with van der Waals surface area (Å²) in [6, 6.07) is -2.13. The van der Waals surface area contributed by atoms with Crippen molar-refractivity contribution in [3.63, 3.8) is 0 Å². The lowest BCUT2D eigenvalue weighted by atomic mass is 9.94. The van der Waals surface area contributed by atoms with E-state index in [1.807, 2.05) is 5.32 Å². The van der Waals surface area contributed by atoms with Crippen LogP contribution in [-0.4, -0.2) is 30.6 Å². The molecule has 0 spiro atoms. The molecule has 0 radical (unpaired) electrons. The van der Waals surface area contributed by atoms with Crippen molar-refractivity contribution in [1.29, 1.82) is 0 Å². The fraction of sp³-hybridized carbons (Fsp3) is 1.00. The lowest BCUT2D eigenvalue weighted by molar-refractivity contribution is -0.360. The highest BCUT2D eigenvalue weighted by molar-refractivity contribution is 5.85. The first-order valence-electron chi connectivity index (χ1n) is 4.66. The zero-order valence-electron chi connectivity index (χ0n) is 8.46. The molecule has 9 heteroatoms. The maximum Gasteiger partial charge on any atom is 0.459 e. The van der Waals surface area contributed by atoms with Crippen LogP contribution in [0.2, 0.25) is 0 Å². The van der Waals surface area contributed by atoms with Gasteiger partial charge in [-0.05, 0) is 19.4 Å². The van der Waals surface area contributed by atoms with Crippen LogP contribution in [0.25, 0.3) is 0 Å². The first-order chi connectivity index (χ1) is 7.11. The number of alkyl halides is 7. The van der Waals surface area contributed by atoms with E-state index in [0.29, 0.717) is 6.42 Å². The van der Waals surface area contributed by atoms with Gasteiger partial charge in [0.25, 0.3) is 0 Å². The summed E-state index contributed by atoms with van der Waals surface area (Å²) in [6.07, 6.45) is -5.93. The first-order valence-corrected chi connectivity index (χ1v) is 4.66. The third kappa shape index (κ3) is 2.96. The largest absolute Gasteiger partial charge is 0.459 e. The van der Waals surface area contributed by atoms with E-state index in [2.05, 4.69) is 0 Å². The molecule has 0 bridgehead atoms. The van der Waals surface area contributed by atoms with Crippen LogP contribution in [0.5, 0.6) is 0 Å². The van der Waals surface area contributed by atoms with Crippen molar-refractivity contribution in [3.05, 3.63) is 0 Å². The Bertz CT molecular complexity index is 247. The van der Waals surface area contributed by atoms with Gasteiger partial charge < -0.3 is 5.32 Å². The van der Waals surface area contributed by atoms with Crippen LogP contribution in [0.1, 0.15) is 19.3 Å². The van der Waals surface area contributed by atoms with E-state index in [9.17, 15) is 30.7 Å². The number of nitrogens with one attached hydrogen (secondary N) is 1. The number of hydrogen-bond acceptors (Lipinski definition) is 1. The molecular formula is C8H11ClF7N. The predicted molar refractivity (Wildman–Crippen MR) is 48.8 cm³/mol. The zero-order valence-corrected chi connectivity index (χ0v) is 9.28. The Morgan fingerprint density at radius 1 is 0.882 bits per heavy atom. The van der Waals surface area contributed by atoms with Crippen LogP contribution < -0.4 is 5.32 Å². The lowest BCUT2D eigenvalue weighted by Crippen LogP contribution is -2.62. The van der Waals surface area contributed by atoms with E-state index >= 15 is 0 Å². The Kier molecular flexibility index (Phi) is 5.10. The lowest BCUT2D eigenvalue weighted by Gasteiger charge is -2.36. The molecule has 0 aromatic heterocycles. The SMILES string of the molecule is Cl.FC(F)(F)C(F)(F)C(F)(F)[C@@H]1CCCCN1. The van der Waals surface area contributed by atoms with Gasteiger partial charge in [-0.15, -0.1) is 12.4 Å². The molecule has 1 nitrogen and oxygen atoms in total. The summed E-state index contributed by atoms with van der Waals surface area (Å²) < 4.78 is 86.7. The van der Waals surface area contributed by atoms with Gasteiger partial charge in [-0.3, -0.25) is 0 Å². The van der Waals surface area contributed by atoms with Gasteiger partial charge in [0, 0.05) is 0 Å². The summed E-state index contributed by atoms with van der Waals surface area (Å²) in [5.74, 6) is -11.1. The Labute approximate surface area is 99.1 Å². The average molecular weight is 290 g/mol.